The number of hydrogen-bond acceptors (Lipinski definition) is 5. The summed E-state index contributed by atoms with van der Waals surface area (Å²) in [4.78, 5) is 0.0523. The fourth-order valence-electron chi connectivity index (χ4n) is 3.02. The number of aryl methyl sites for hydroxylation is 1. The second-order valence-electron chi connectivity index (χ2n) is 6.04. The van der Waals surface area contributed by atoms with Crippen molar-refractivity contribution in [2.75, 3.05) is 7.11 Å². The number of fused-ring (bicyclic) bond motifs is 1. The topological polar surface area (TPSA) is 72.8 Å². The van der Waals surface area contributed by atoms with E-state index in [1.807, 2.05) is 6.92 Å². The number of halogens is 1. The summed E-state index contributed by atoms with van der Waals surface area (Å²) in [5, 5.41) is 10.5. The Labute approximate surface area is 145 Å². The Morgan fingerprint density at radius 1 is 1.29 bits per heavy atom. The van der Waals surface area contributed by atoms with Crippen LogP contribution in [0.4, 0.5) is 0 Å². The molecule has 1 aliphatic heterocycles. The van der Waals surface area contributed by atoms with E-state index < -0.39 is 15.7 Å². The van der Waals surface area contributed by atoms with Gasteiger partial charge in [-0.1, -0.05) is 29.3 Å². The molecule has 0 fully saturated rings. The smallest absolute Gasteiger partial charge is 0.297 e. The minimum absolute atomic E-state index is 0.0523. The first-order valence-electron chi connectivity index (χ1n) is 7.28. The lowest BCUT2D eigenvalue weighted by Crippen LogP contribution is -2.29. The highest BCUT2D eigenvalue weighted by Crippen LogP contribution is 2.48. The highest BCUT2D eigenvalue weighted by atomic mass is 35.5. The molecule has 0 saturated heterocycles. The summed E-state index contributed by atoms with van der Waals surface area (Å²) in [6.07, 6.45) is 0.381. The Kier molecular flexibility index (Phi) is 4.02. The molecule has 2 aromatic rings. The second kappa shape index (κ2) is 5.65. The van der Waals surface area contributed by atoms with E-state index in [1.165, 1.54) is 12.1 Å². The molecule has 0 spiro atoms. The number of phenolic OH excluding ortho intramolecular Hbond substituents is 1. The van der Waals surface area contributed by atoms with E-state index in [-0.39, 0.29) is 10.6 Å². The summed E-state index contributed by atoms with van der Waals surface area (Å²) in [6, 6.07) is 8.08. The molecule has 5 nitrogen and oxygen atoms in total. The van der Waals surface area contributed by atoms with Crippen molar-refractivity contribution in [1.29, 1.82) is 0 Å². The summed E-state index contributed by atoms with van der Waals surface area (Å²) >= 11 is 5.99. The molecule has 1 N–H and O–H groups in total. The van der Waals surface area contributed by atoms with Gasteiger partial charge in [0, 0.05) is 28.6 Å². The molecule has 0 aliphatic carbocycles. The van der Waals surface area contributed by atoms with Crippen LogP contribution < -0.4 is 4.74 Å². The molecule has 1 unspecified atom stereocenters. The molecule has 7 heteroatoms. The summed E-state index contributed by atoms with van der Waals surface area (Å²) in [5.74, 6) is 0.259. The molecule has 128 valence electrons. The van der Waals surface area contributed by atoms with Crippen molar-refractivity contribution < 1.29 is 22.4 Å². The molecule has 0 bridgehead atoms. The molecule has 24 heavy (non-hydrogen) atoms. The summed E-state index contributed by atoms with van der Waals surface area (Å²) in [5.41, 5.74) is 1.14. The van der Waals surface area contributed by atoms with Crippen molar-refractivity contribution in [3.05, 3.63) is 52.0 Å². The maximum absolute atomic E-state index is 12.3. The highest BCUT2D eigenvalue weighted by Gasteiger charge is 2.41. The van der Waals surface area contributed by atoms with E-state index in [2.05, 4.69) is 4.18 Å². The van der Waals surface area contributed by atoms with Crippen molar-refractivity contribution in [2.24, 2.45) is 0 Å². The molecule has 0 saturated carbocycles. The average Bonchev–Trinajstić information content (AvgIpc) is 2.85. The van der Waals surface area contributed by atoms with Gasteiger partial charge in [0.05, 0.1) is 7.11 Å². The second-order valence-corrected chi connectivity index (χ2v) is 8.16. The first-order valence-corrected chi connectivity index (χ1v) is 9.07. The minimum atomic E-state index is -3.90. The van der Waals surface area contributed by atoms with Crippen molar-refractivity contribution in [2.45, 2.75) is 30.8 Å². The van der Waals surface area contributed by atoms with E-state index in [4.69, 9.17) is 16.3 Å². The van der Waals surface area contributed by atoms with Gasteiger partial charge in [0.15, 0.2) is 11.5 Å². The molecule has 3 rings (SSSR count). The Morgan fingerprint density at radius 2 is 2.00 bits per heavy atom. The molecular weight excluding hydrogens is 352 g/mol. The van der Waals surface area contributed by atoms with E-state index in [1.54, 1.807) is 25.1 Å². The van der Waals surface area contributed by atoms with Crippen molar-refractivity contribution in [1.82, 2.24) is 0 Å². The van der Waals surface area contributed by atoms with Gasteiger partial charge in [-0.2, -0.15) is 8.42 Å². The Balaban J connectivity index is 2.17. The molecule has 2 aromatic carbocycles. The standard InChI is InChI=1S/C17H17ClO5S/c1-10-4-5-15(24(20,21)22-3)13(6-10)17(2)9-11-7-12(18)8-14(19)16(11)23-17/h4-8,19H,9H2,1-3H3. The van der Waals surface area contributed by atoms with Crippen molar-refractivity contribution >= 4 is 21.7 Å². The van der Waals surface area contributed by atoms with Crippen LogP contribution in [0.2, 0.25) is 5.02 Å². The van der Waals surface area contributed by atoms with Crippen LogP contribution in [0.25, 0.3) is 0 Å². The van der Waals surface area contributed by atoms with E-state index in [0.717, 1.165) is 18.2 Å². The van der Waals surface area contributed by atoms with E-state index >= 15 is 0 Å². The zero-order chi connectivity index (χ0) is 17.7. The fraction of sp³-hybridized carbons (Fsp3) is 0.294. The largest absolute Gasteiger partial charge is 0.504 e. The van der Waals surface area contributed by atoms with E-state index in [9.17, 15) is 13.5 Å². The Bertz CT molecular complexity index is 923. The number of phenols is 1. The number of benzene rings is 2. The van der Waals surface area contributed by atoms with Crippen LogP contribution >= 0.6 is 11.6 Å². The Morgan fingerprint density at radius 3 is 2.67 bits per heavy atom. The van der Waals surface area contributed by atoms with Crippen LogP contribution in [0.1, 0.15) is 23.6 Å². The summed E-state index contributed by atoms with van der Waals surface area (Å²) < 4.78 is 35.2. The number of ether oxygens (including phenoxy) is 1. The third-order valence-electron chi connectivity index (χ3n) is 4.16. The molecule has 0 radical (unpaired) electrons. The highest BCUT2D eigenvalue weighted by molar-refractivity contribution is 7.86. The van der Waals surface area contributed by atoms with Gasteiger partial charge in [0.25, 0.3) is 10.1 Å². The third kappa shape index (κ3) is 2.75. The van der Waals surface area contributed by atoms with Gasteiger partial charge in [-0.3, -0.25) is 4.18 Å². The van der Waals surface area contributed by atoms with Crippen LogP contribution in [0.15, 0.2) is 35.2 Å². The lowest BCUT2D eigenvalue weighted by molar-refractivity contribution is 0.108. The Hall–Kier alpha value is -1.76. The van der Waals surface area contributed by atoms with Gasteiger partial charge in [0.1, 0.15) is 10.5 Å². The predicted molar refractivity (Wildman–Crippen MR) is 90.2 cm³/mol. The monoisotopic (exact) mass is 368 g/mol. The van der Waals surface area contributed by atoms with Gasteiger partial charge in [-0.15, -0.1) is 0 Å². The average molecular weight is 369 g/mol. The van der Waals surface area contributed by atoms with Gasteiger partial charge < -0.3 is 9.84 Å². The van der Waals surface area contributed by atoms with E-state index in [0.29, 0.717) is 22.8 Å². The van der Waals surface area contributed by atoms with Gasteiger partial charge >= 0.3 is 0 Å². The number of rotatable bonds is 3. The lowest BCUT2D eigenvalue weighted by Gasteiger charge is -2.27. The number of hydrogen-bond donors (Lipinski definition) is 1. The fourth-order valence-corrected chi connectivity index (χ4v) is 4.22. The van der Waals surface area contributed by atoms with Crippen LogP contribution in [0.5, 0.6) is 11.5 Å². The summed E-state index contributed by atoms with van der Waals surface area (Å²) in [6.45, 7) is 3.65. The SMILES string of the molecule is COS(=O)(=O)c1ccc(C)cc1C1(C)Cc2cc(Cl)cc(O)c2O1. The normalized spacial score (nSPS) is 19.8. The molecular formula is C17H17ClO5S. The van der Waals surface area contributed by atoms with Crippen LogP contribution in [0, 0.1) is 6.92 Å². The first-order chi connectivity index (χ1) is 11.2. The van der Waals surface area contributed by atoms with Crippen LogP contribution in [0.3, 0.4) is 0 Å². The summed E-state index contributed by atoms with van der Waals surface area (Å²) in [7, 11) is -2.77. The maximum Gasteiger partial charge on any atom is 0.297 e. The zero-order valence-corrected chi connectivity index (χ0v) is 15.0. The lowest BCUT2D eigenvalue weighted by atomic mass is 9.90. The van der Waals surface area contributed by atoms with Crippen molar-refractivity contribution in [3.8, 4) is 11.5 Å². The predicted octanol–water partition coefficient (Wildman–Crippen LogP) is 3.54. The molecule has 0 amide bonds. The van der Waals surface area contributed by atoms with Crippen molar-refractivity contribution in [3.63, 3.8) is 0 Å². The van der Waals surface area contributed by atoms with Gasteiger partial charge in [0.2, 0.25) is 0 Å². The van der Waals surface area contributed by atoms with Gasteiger partial charge in [-0.25, -0.2) is 0 Å². The molecule has 1 heterocycles. The van der Waals surface area contributed by atoms with Crippen LogP contribution in [-0.4, -0.2) is 20.6 Å². The van der Waals surface area contributed by atoms with Crippen LogP contribution in [-0.2, 0) is 26.3 Å². The third-order valence-corrected chi connectivity index (χ3v) is 5.71. The zero-order valence-electron chi connectivity index (χ0n) is 13.5. The maximum atomic E-state index is 12.3. The first kappa shape index (κ1) is 17.1. The minimum Gasteiger partial charge on any atom is -0.504 e. The van der Waals surface area contributed by atoms with Gasteiger partial charge in [-0.05, 0) is 26.0 Å². The molecule has 1 aliphatic rings. The number of aromatic hydroxyl groups is 1. The quantitative estimate of drug-likeness (QED) is 0.839. The molecule has 1 atom stereocenters. The molecule has 0 aromatic heterocycles.